The normalized spacial score (nSPS) is 21.7. The molecular weight excluding hydrogens is 306 g/mol. The molecule has 0 aromatic heterocycles. The van der Waals surface area contributed by atoms with Gasteiger partial charge in [-0.25, -0.2) is 9.59 Å². The van der Waals surface area contributed by atoms with Gasteiger partial charge in [0.25, 0.3) is 0 Å². The largest absolute Gasteiger partial charge is 0.508 e. The Hall–Kier alpha value is -1.89. The minimum atomic E-state index is -1.09. The van der Waals surface area contributed by atoms with Crippen LogP contribution >= 0.6 is 11.8 Å². The number of rotatable bonds is 2. The van der Waals surface area contributed by atoms with Crippen LogP contribution in [0.1, 0.15) is 31.7 Å². The lowest BCUT2D eigenvalue weighted by atomic mass is 10.1. The van der Waals surface area contributed by atoms with Crippen LogP contribution in [0.25, 0.3) is 0 Å². The van der Waals surface area contributed by atoms with Gasteiger partial charge in [-0.2, -0.15) is 0 Å². The summed E-state index contributed by atoms with van der Waals surface area (Å²) in [5, 5.41) is 18.7. The summed E-state index contributed by atoms with van der Waals surface area (Å²) in [5.41, 5.74) is -0.224. The molecule has 1 saturated heterocycles. The summed E-state index contributed by atoms with van der Waals surface area (Å²) < 4.78 is 5.32. The SMILES string of the molecule is CC(C)(C)OC(=O)N1[C@H](C(=O)O)CS[C@H]1c1ccccc1O. The third-order valence-corrected chi connectivity index (χ3v) is 4.40. The number of nitrogens with zero attached hydrogens (tertiary/aromatic N) is 1. The molecule has 7 heteroatoms. The molecule has 0 aliphatic carbocycles. The van der Waals surface area contributed by atoms with Crippen LogP contribution in [0.5, 0.6) is 5.75 Å². The summed E-state index contributed by atoms with van der Waals surface area (Å²) in [4.78, 5) is 25.0. The predicted octanol–water partition coefficient (Wildman–Crippen LogP) is 2.83. The fourth-order valence-electron chi connectivity index (χ4n) is 2.17. The van der Waals surface area contributed by atoms with E-state index in [9.17, 15) is 19.8 Å². The Kier molecular flexibility index (Phi) is 4.55. The van der Waals surface area contributed by atoms with E-state index in [2.05, 4.69) is 0 Å². The second-order valence-electron chi connectivity index (χ2n) is 5.99. The molecule has 1 heterocycles. The van der Waals surface area contributed by atoms with Gasteiger partial charge in [-0.15, -0.1) is 11.8 Å². The van der Waals surface area contributed by atoms with Crippen molar-refractivity contribution in [2.75, 3.05) is 5.75 Å². The van der Waals surface area contributed by atoms with Crippen molar-refractivity contribution in [3.63, 3.8) is 0 Å². The summed E-state index contributed by atoms with van der Waals surface area (Å²) >= 11 is 1.29. The molecule has 0 spiro atoms. The molecule has 0 bridgehead atoms. The van der Waals surface area contributed by atoms with Gasteiger partial charge >= 0.3 is 12.1 Å². The number of ether oxygens (including phenoxy) is 1. The molecule has 1 fully saturated rings. The monoisotopic (exact) mass is 325 g/mol. The predicted molar refractivity (Wildman–Crippen MR) is 82.8 cm³/mol. The summed E-state index contributed by atoms with van der Waals surface area (Å²) in [7, 11) is 0. The first-order valence-electron chi connectivity index (χ1n) is 6.84. The van der Waals surface area contributed by atoms with E-state index in [1.54, 1.807) is 39.0 Å². The number of para-hydroxylation sites is 1. The van der Waals surface area contributed by atoms with Gasteiger partial charge in [0.05, 0.1) is 0 Å². The Morgan fingerprint density at radius 1 is 1.32 bits per heavy atom. The number of phenolic OH excluding ortho intramolecular Hbond substituents is 1. The number of carbonyl (C=O) groups excluding carboxylic acids is 1. The number of carboxylic acid groups (broad SMARTS) is 1. The Labute approximate surface area is 133 Å². The Balaban J connectivity index is 2.35. The van der Waals surface area contributed by atoms with Crippen LogP contribution in [0.15, 0.2) is 24.3 Å². The zero-order valence-electron chi connectivity index (χ0n) is 12.6. The molecule has 1 amide bonds. The number of thioether (sulfide) groups is 1. The highest BCUT2D eigenvalue weighted by molar-refractivity contribution is 7.99. The van der Waals surface area contributed by atoms with E-state index in [1.807, 2.05) is 0 Å². The fraction of sp³-hybridized carbons (Fsp3) is 0.467. The molecule has 1 aliphatic heterocycles. The molecule has 0 unspecified atom stereocenters. The molecule has 2 rings (SSSR count). The van der Waals surface area contributed by atoms with E-state index >= 15 is 0 Å². The summed E-state index contributed by atoms with van der Waals surface area (Å²) in [5.74, 6) is -0.816. The number of hydrogen-bond donors (Lipinski definition) is 2. The first-order valence-corrected chi connectivity index (χ1v) is 7.89. The number of amides is 1. The zero-order chi connectivity index (χ0) is 16.5. The third kappa shape index (κ3) is 3.47. The molecule has 0 radical (unpaired) electrons. The summed E-state index contributed by atoms with van der Waals surface area (Å²) in [6, 6.07) is 5.61. The molecule has 22 heavy (non-hydrogen) atoms. The van der Waals surface area contributed by atoms with Gasteiger partial charge < -0.3 is 14.9 Å². The van der Waals surface area contributed by atoms with Crippen molar-refractivity contribution < 1.29 is 24.5 Å². The van der Waals surface area contributed by atoms with E-state index in [4.69, 9.17) is 4.74 Å². The lowest BCUT2D eigenvalue weighted by Crippen LogP contribution is -2.45. The van der Waals surface area contributed by atoms with Crippen molar-refractivity contribution in [1.29, 1.82) is 0 Å². The maximum Gasteiger partial charge on any atom is 0.412 e. The van der Waals surface area contributed by atoms with E-state index in [1.165, 1.54) is 22.7 Å². The van der Waals surface area contributed by atoms with Gasteiger partial charge in [0.1, 0.15) is 22.8 Å². The van der Waals surface area contributed by atoms with Crippen molar-refractivity contribution in [2.24, 2.45) is 0 Å². The highest BCUT2D eigenvalue weighted by Gasteiger charge is 2.45. The van der Waals surface area contributed by atoms with E-state index in [-0.39, 0.29) is 11.5 Å². The van der Waals surface area contributed by atoms with Crippen molar-refractivity contribution in [2.45, 2.75) is 37.8 Å². The molecule has 1 aromatic carbocycles. The molecule has 6 nitrogen and oxygen atoms in total. The molecular formula is C15H19NO5S. The summed E-state index contributed by atoms with van der Waals surface area (Å²) in [6.07, 6.45) is -0.696. The lowest BCUT2D eigenvalue weighted by Gasteiger charge is -2.30. The average Bonchev–Trinajstić information content (AvgIpc) is 2.82. The van der Waals surface area contributed by atoms with Gasteiger partial charge in [0.15, 0.2) is 0 Å². The van der Waals surface area contributed by atoms with Gasteiger partial charge in [0, 0.05) is 11.3 Å². The zero-order valence-corrected chi connectivity index (χ0v) is 13.5. The number of carbonyl (C=O) groups is 2. The summed E-state index contributed by atoms with van der Waals surface area (Å²) in [6.45, 7) is 5.16. The van der Waals surface area contributed by atoms with Crippen molar-refractivity contribution in [1.82, 2.24) is 4.90 Å². The van der Waals surface area contributed by atoms with Crippen LogP contribution in [-0.2, 0) is 9.53 Å². The van der Waals surface area contributed by atoms with Crippen molar-refractivity contribution in [3.8, 4) is 5.75 Å². The van der Waals surface area contributed by atoms with Crippen molar-refractivity contribution in [3.05, 3.63) is 29.8 Å². The highest BCUT2D eigenvalue weighted by Crippen LogP contribution is 2.44. The second-order valence-corrected chi connectivity index (χ2v) is 7.10. The highest BCUT2D eigenvalue weighted by atomic mass is 32.2. The molecule has 2 atom stereocenters. The van der Waals surface area contributed by atoms with Crippen molar-refractivity contribution >= 4 is 23.8 Å². The molecule has 2 N–H and O–H groups in total. The topological polar surface area (TPSA) is 87.1 Å². The smallest absolute Gasteiger partial charge is 0.412 e. The average molecular weight is 325 g/mol. The number of carboxylic acids is 1. The van der Waals surface area contributed by atoms with Crippen LogP contribution in [0, 0.1) is 0 Å². The quantitative estimate of drug-likeness (QED) is 0.869. The van der Waals surface area contributed by atoms with Crippen LogP contribution in [0.3, 0.4) is 0 Å². The van der Waals surface area contributed by atoms with E-state index in [0.717, 1.165) is 0 Å². The lowest BCUT2D eigenvalue weighted by molar-refractivity contribution is -0.142. The standard InChI is InChI=1S/C15H19NO5S/c1-15(2,3)21-14(20)16-10(13(18)19)8-22-12(16)9-6-4-5-7-11(9)17/h4-7,10,12,17H,8H2,1-3H3,(H,18,19)/t10-,12-/m0/s1. The van der Waals surface area contributed by atoms with Gasteiger partial charge in [0.2, 0.25) is 0 Å². The van der Waals surface area contributed by atoms with Gasteiger partial charge in [-0.05, 0) is 26.8 Å². The number of aromatic hydroxyl groups is 1. The number of benzene rings is 1. The van der Waals surface area contributed by atoms with Gasteiger partial charge in [-0.1, -0.05) is 18.2 Å². The van der Waals surface area contributed by atoms with E-state index in [0.29, 0.717) is 5.56 Å². The van der Waals surface area contributed by atoms with Gasteiger partial charge in [-0.3, -0.25) is 4.90 Å². The second kappa shape index (κ2) is 6.08. The fourth-order valence-corrected chi connectivity index (χ4v) is 3.61. The number of hydrogen-bond acceptors (Lipinski definition) is 5. The first kappa shape index (κ1) is 16.5. The number of aliphatic carboxylic acids is 1. The Morgan fingerprint density at radius 3 is 2.50 bits per heavy atom. The first-order chi connectivity index (χ1) is 10.2. The Morgan fingerprint density at radius 2 is 1.95 bits per heavy atom. The maximum absolute atomic E-state index is 12.4. The minimum absolute atomic E-state index is 0.0274. The molecule has 120 valence electrons. The third-order valence-electron chi connectivity index (χ3n) is 3.09. The van der Waals surface area contributed by atoms with E-state index < -0.39 is 29.1 Å². The number of phenols is 1. The van der Waals surface area contributed by atoms with Crippen LogP contribution < -0.4 is 0 Å². The minimum Gasteiger partial charge on any atom is -0.508 e. The van der Waals surface area contributed by atoms with Crippen LogP contribution in [0.2, 0.25) is 0 Å². The van der Waals surface area contributed by atoms with Crippen LogP contribution in [-0.4, -0.2) is 44.6 Å². The van der Waals surface area contributed by atoms with Crippen LogP contribution in [0.4, 0.5) is 4.79 Å². The molecule has 0 saturated carbocycles. The molecule has 1 aromatic rings. The maximum atomic E-state index is 12.4. The molecule has 1 aliphatic rings. The Bertz CT molecular complexity index is 584.